The molecule has 0 aliphatic heterocycles. The van der Waals surface area contributed by atoms with Gasteiger partial charge in [-0.25, -0.2) is 12.8 Å². The van der Waals surface area contributed by atoms with Crippen molar-refractivity contribution >= 4 is 37.6 Å². The molecule has 0 aliphatic carbocycles. The molecule has 0 fully saturated rings. The van der Waals surface area contributed by atoms with Crippen LogP contribution in [-0.2, 0) is 19.6 Å². The van der Waals surface area contributed by atoms with Gasteiger partial charge in [-0.05, 0) is 25.1 Å². The minimum absolute atomic E-state index is 0.160. The highest BCUT2D eigenvalue weighted by molar-refractivity contribution is 9.10. The Bertz CT molecular complexity index is 562. The van der Waals surface area contributed by atoms with Crippen LogP contribution in [0.2, 0.25) is 0 Å². The highest BCUT2D eigenvalue weighted by Gasteiger charge is 2.16. The first-order chi connectivity index (χ1) is 8.84. The van der Waals surface area contributed by atoms with Gasteiger partial charge in [0.15, 0.2) is 0 Å². The molecule has 19 heavy (non-hydrogen) atoms. The number of hydrogen-bond acceptors (Lipinski definition) is 4. The van der Waals surface area contributed by atoms with Crippen LogP contribution < -0.4 is 4.72 Å². The summed E-state index contributed by atoms with van der Waals surface area (Å²) in [6, 6.07) is 3.94. The number of halogens is 2. The molecule has 0 spiro atoms. The number of sulfonamides is 1. The summed E-state index contributed by atoms with van der Waals surface area (Å²) in [7, 11) is -3.79. The minimum Gasteiger partial charge on any atom is -0.466 e. The Morgan fingerprint density at radius 3 is 2.74 bits per heavy atom. The Hall–Kier alpha value is -1.15. The van der Waals surface area contributed by atoms with E-state index in [0.717, 1.165) is 6.07 Å². The maximum absolute atomic E-state index is 13.5. The van der Waals surface area contributed by atoms with Crippen LogP contribution in [0.1, 0.15) is 13.3 Å². The number of benzene rings is 1. The van der Waals surface area contributed by atoms with Crippen LogP contribution in [0.5, 0.6) is 0 Å². The van der Waals surface area contributed by atoms with Crippen molar-refractivity contribution in [2.24, 2.45) is 0 Å². The lowest BCUT2D eigenvalue weighted by molar-refractivity contribution is -0.142. The molecule has 1 aromatic rings. The van der Waals surface area contributed by atoms with Crippen LogP contribution in [0.25, 0.3) is 0 Å². The van der Waals surface area contributed by atoms with Gasteiger partial charge in [0.05, 0.1) is 24.5 Å². The number of hydrogen-bond donors (Lipinski definition) is 1. The number of rotatable bonds is 6. The molecule has 1 aromatic carbocycles. The van der Waals surface area contributed by atoms with E-state index in [4.69, 9.17) is 0 Å². The zero-order chi connectivity index (χ0) is 14.5. The summed E-state index contributed by atoms with van der Waals surface area (Å²) in [4.78, 5) is 11.1. The molecular formula is C11H13BrFNO4S. The van der Waals surface area contributed by atoms with Gasteiger partial charge in [-0.1, -0.05) is 15.9 Å². The lowest BCUT2D eigenvalue weighted by atomic mass is 10.3. The summed E-state index contributed by atoms with van der Waals surface area (Å²) in [5, 5.41) is 0. The number of esters is 1. The normalized spacial score (nSPS) is 11.1. The van der Waals surface area contributed by atoms with E-state index in [9.17, 15) is 17.6 Å². The van der Waals surface area contributed by atoms with Crippen LogP contribution in [0.15, 0.2) is 22.7 Å². The largest absolute Gasteiger partial charge is 0.466 e. The first-order valence-corrected chi connectivity index (χ1v) is 7.89. The van der Waals surface area contributed by atoms with Crippen LogP contribution >= 0.6 is 15.9 Å². The van der Waals surface area contributed by atoms with Crippen LogP contribution in [0.3, 0.4) is 0 Å². The standard InChI is InChI=1S/C11H13BrFNO4S/c1-2-18-11(15)5-6-19(16,17)14-10-4-3-8(12)7-9(10)13/h3-4,7,14H,2,5-6H2,1H3. The molecule has 0 saturated heterocycles. The molecule has 0 radical (unpaired) electrons. The van der Waals surface area contributed by atoms with E-state index in [0.29, 0.717) is 4.47 Å². The van der Waals surface area contributed by atoms with Gasteiger partial charge >= 0.3 is 5.97 Å². The maximum atomic E-state index is 13.5. The molecule has 1 N–H and O–H groups in total. The summed E-state index contributed by atoms with van der Waals surface area (Å²) in [6.45, 7) is 1.81. The van der Waals surface area contributed by atoms with Gasteiger partial charge < -0.3 is 4.74 Å². The first-order valence-electron chi connectivity index (χ1n) is 5.45. The SMILES string of the molecule is CCOC(=O)CCS(=O)(=O)Nc1ccc(Br)cc1F. The van der Waals surface area contributed by atoms with Crippen molar-refractivity contribution in [2.45, 2.75) is 13.3 Å². The second-order valence-electron chi connectivity index (χ2n) is 3.60. The van der Waals surface area contributed by atoms with Crippen molar-refractivity contribution in [3.63, 3.8) is 0 Å². The fourth-order valence-electron chi connectivity index (χ4n) is 1.24. The van der Waals surface area contributed by atoms with Gasteiger partial charge in [0.2, 0.25) is 10.0 Å². The van der Waals surface area contributed by atoms with Gasteiger partial charge in [0.25, 0.3) is 0 Å². The summed E-state index contributed by atoms with van der Waals surface area (Å²) >= 11 is 3.06. The molecule has 106 valence electrons. The number of nitrogens with one attached hydrogen (secondary N) is 1. The lowest BCUT2D eigenvalue weighted by Crippen LogP contribution is -2.20. The number of carbonyl (C=O) groups is 1. The highest BCUT2D eigenvalue weighted by atomic mass is 79.9. The van der Waals surface area contributed by atoms with Gasteiger partial charge in [0, 0.05) is 4.47 Å². The van der Waals surface area contributed by atoms with E-state index >= 15 is 0 Å². The van der Waals surface area contributed by atoms with Gasteiger partial charge in [-0.2, -0.15) is 0 Å². The predicted octanol–water partition coefficient (Wildman–Crippen LogP) is 2.28. The van der Waals surface area contributed by atoms with E-state index in [1.54, 1.807) is 6.92 Å². The van der Waals surface area contributed by atoms with Crippen molar-refractivity contribution in [1.82, 2.24) is 0 Å². The zero-order valence-electron chi connectivity index (χ0n) is 10.2. The molecule has 0 heterocycles. The van der Waals surface area contributed by atoms with Crippen molar-refractivity contribution in [1.29, 1.82) is 0 Å². The smallest absolute Gasteiger partial charge is 0.306 e. The fraction of sp³-hybridized carbons (Fsp3) is 0.364. The van der Waals surface area contributed by atoms with E-state index < -0.39 is 27.6 Å². The fourth-order valence-corrected chi connectivity index (χ4v) is 2.61. The van der Waals surface area contributed by atoms with E-state index in [1.165, 1.54) is 12.1 Å². The molecular weight excluding hydrogens is 341 g/mol. The highest BCUT2D eigenvalue weighted by Crippen LogP contribution is 2.20. The summed E-state index contributed by atoms with van der Waals surface area (Å²) in [6.07, 6.45) is -0.276. The van der Waals surface area contributed by atoms with E-state index in [-0.39, 0.29) is 18.7 Å². The third-order valence-corrected chi connectivity index (χ3v) is 3.84. The first kappa shape index (κ1) is 15.9. The lowest BCUT2D eigenvalue weighted by Gasteiger charge is -2.08. The van der Waals surface area contributed by atoms with Crippen molar-refractivity contribution < 1.29 is 22.3 Å². The summed E-state index contributed by atoms with van der Waals surface area (Å²) in [5.41, 5.74) is -0.160. The average Bonchev–Trinajstić information content (AvgIpc) is 2.31. The van der Waals surface area contributed by atoms with Crippen molar-refractivity contribution in [2.75, 3.05) is 17.1 Å². The van der Waals surface area contributed by atoms with Gasteiger partial charge in [-0.15, -0.1) is 0 Å². The third-order valence-electron chi connectivity index (χ3n) is 2.08. The monoisotopic (exact) mass is 353 g/mol. The Morgan fingerprint density at radius 1 is 1.47 bits per heavy atom. The van der Waals surface area contributed by atoms with E-state index in [2.05, 4.69) is 25.4 Å². The van der Waals surface area contributed by atoms with Gasteiger partial charge in [0.1, 0.15) is 5.82 Å². The minimum atomic E-state index is -3.79. The topological polar surface area (TPSA) is 72.5 Å². The Labute approximate surface area is 119 Å². The second-order valence-corrected chi connectivity index (χ2v) is 6.36. The molecule has 5 nitrogen and oxygen atoms in total. The number of carbonyl (C=O) groups excluding carboxylic acids is 1. The quantitative estimate of drug-likeness (QED) is 0.796. The molecule has 1 rings (SSSR count). The Morgan fingerprint density at radius 2 is 2.16 bits per heavy atom. The van der Waals surface area contributed by atoms with Crippen molar-refractivity contribution in [3.05, 3.63) is 28.5 Å². The molecule has 0 atom stereocenters. The number of ether oxygens (including phenoxy) is 1. The molecule has 0 unspecified atom stereocenters. The maximum Gasteiger partial charge on any atom is 0.306 e. The zero-order valence-corrected chi connectivity index (χ0v) is 12.6. The van der Waals surface area contributed by atoms with Crippen LogP contribution in [0.4, 0.5) is 10.1 Å². The van der Waals surface area contributed by atoms with Crippen molar-refractivity contribution in [3.8, 4) is 0 Å². The average molecular weight is 354 g/mol. The number of anilines is 1. The van der Waals surface area contributed by atoms with Crippen LogP contribution in [0, 0.1) is 5.82 Å². The van der Waals surface area contributed by atoms with E-state index in [1.807, 2.05) is 0 Å². The molecule has 0 aliphatic rings. The Balaban J connectivity index is 2.66. The van der Waals surface area contributed by atoms with Crippen LogP contribution in [-0.4, -0.2) is 26.7 Å². The molecule has 0 bridgehead atoms. The molecule has 8 heteroatoms. The van der Waals surface area contributed by atoms with Gasteiger partial charge in [-0.3, -0.25) is 9.52 Å². The predicted molar refractivity (Wildman–Crippen MR) is 72.8 cm³/mol. The summed E-state index contributed by atoms with van der Waals surface area (Å²) in [5.74, 6) is -1.76. The second kappa shape index (κ2) is 6.85. The molecule has 0 aromatic heterocycles. The molecule has 0 saturated carbocycles. The third kappa shape index (κ3) is 5.56. The Kier molecular flexibility index (Phi) is 5.74. The molecule has 0 amide bonds. The summed E-state index contributed by atoms with van der Waals surface area (Å²) < 4.78 is 43.9.